The summed E-state index contributed by atoms with van der Waals surface area (Å²) in [4.78, 5) is 34.2. The number of fused-ring (bicyclic) bond motifs is 4. The molecule has 2 heterocycles. The molecule has 6 nitrogen and oxygen atoms in total. The Hall–Kier alpha value is -3.88. The van der Waals surface area contributed by atoms with E-state index in [9.17, 15) is 9.59 Å². The first-order chi connectivity index (χ1) is 18.2. The molecule has 8 heteroatoms. The summed E-state index contributed by atoms with van der Waals surface area (Å²) in [5.41, 5.74) is 3.49. The summed E-state index contributed by atoms with van der Waals surface area (Å²) >= 11 is 3.33. The Morgan fingerprint density at radius 3 is 1.14 bits per heavy atom. The number of nitrogens with one attached hydrogen (secondary N) is 2. The number of carbonyl (C=O) groups is 2. The molecule has 2 aliphatic heterocycles. The van der Waals surface area contributed by atoms with Gasteiger partial charge in [0.1, 0.15) is 0 Å². The van der Waals surface area contributed by atoms with Gasteiger partial charge in [0.05, 0.1) is 22.7 Å². The van der Waals surface area contributed by atoms with Gasteiger partial charge >= 0.3 is 12.1 Å². The van der Waals surface area contributed by atoms with Crippen molar-refractivity contribution in [1.82, 2.24) is 10.6 Å². The van der Waals surface area contributed by atoms with Crippen LogP contribution >= 0.6 is 23.5 Å². The molecule has 4 amide bonds. The van der Waals surface area contributed by atoms with Crippen LogP contribution in [-0.4, -0.2) is 25.2 Å². The van der Waals surface area contributed by atoms with E-state index >= 15 is 0 Å². The lowest BCUT2D eigenvalue weighted by Crippen LogP contribution is -2.41. The Balaban J connectivity index is 1.09. The maximum atomic E-state index is 13.3. The Morgan fingerprint density at radius 2 is 0.811 bits per heavy atom. The number of amides is 4. The molecule has 4 aromatic rings. The highest BCUT2D eigenvalue weighted by Gasteiger charge is 2.29. The Bertz CT molecular complexity index is 1290. The molecule has 2 N–H and O–H groups in total. The van der Waals surface area contributed by atoms with E-state index in [1.165, 1.54) is 0 Å². The predicted molar refractivity (Wildman–Crippen MR) is 150 cm³/mol. The van der Waals surface area contributed by atoms with Gasteiger partial charge in [-0.1, -0.05) is 72.1 Å². The monoisotopic (exact) mass is 524 g/mol. The Morgan fingerprint density at radius 1 is 0.514 bits per heavy atom. The maximum absolute atomic E-state index is 13.3. The van der Waals surface area contributed by atoms with Gasteiger partial charge in [-0.05, 0) is 55.0 Å². The van der Waals surface area contributed by atoms with Crippen LogP contribution in [0, 0.1) is 0 Å². The van der Waals surface area contributed by atoms with E-state index in [2.05, 4.69) is 10.6 Å². The summed E-state index contributed by atoms with van der Waals surface area (Å²) < 4.78 is 0. The topological polar surface area (TPSA) is 64.7 Å². The van der Waals surface area contributed by atoms with Gasteiger partial charge in [-0.25, -0.2) is 9.59 Å². The van der Waals surface area contributed by atoms with Gasteiger partial charge in [0.15, 0.2) is 0 Å². The lowest BCUT2D eigenvalue weighted by molar-refractivity contribution is 0.247. The number of carbonyl (C=O) groups excluding carboxylic acids is 2. The highest BCUT2D eigenvalue weighted by molar-refractivity contribution is 8.00. The number of nitrogens with zero attached hydrogens (tertiary/aromatic N) is 2. The van der Waals surface area contributed by atoms with Gasteiger partial charge in [0.25, 0.3) is 0 Å². The molecule has 0 unspecified atom stereocenters. The van der Waals surface area contributed by atoms with Crippen molar-refractivity contribution in [3.05, 3.63) is 97.1 Å². The normalized spacial score (nSPS) is 13.1. The van der Waals surface area contributed by atoms with E-state index in [0.717, 1.165) is 42.3 Å². The first-order valence-electron chi connectivity index (χ1n) is 12.1. The van der Waals surface area contributed by atoms with Crippen LogP contribution < -0.4 is 20.4 Å². The van der Waals surface area contributed by atoms with Crippen LogP contribution in [0.4, 0.5) is 32.3 Å². The Kier molecular flexibility index (Phi) is 6.51. The van der Waals surface area contributed by atoms with E-state index < -0.39 is 0 Å². The van der Waals surface area contributed by atoms with Crippen molar-refractivity contribution in [2.75, 3.05) is 22.9 Å². The lowest BCUT2D eigenvalue weighted by Gasteiger charge is -2.31. The van der Waals surface area contributed by atoms with Crippen LogP contribution in [0.25, 0.3) is 0 Å². The number of hydrogen-bond acceptors (Lipinski definition) is 4. The minimum atomic E-state index is -0.178. The summed E-state index contributed by atoms with van der Waals surface area (Å²) in [6.07, 6.45) is 0.606. The third kappa shape index (κ3) is 4.54. The molecule has 0 aliphatic carbocycles. The fourth-order valence-electron chi connectivity index (χ4n) is 4.48. The van der Waals surface area contributed by atoms with Crippen molar-refractivity contribution in [3.8, 4) is 0 Å². The summed E-state index contributed by atoms with van der Waals surface area (Å²) in [6, 6.07) is 31.3. The second-order valence-electron chi connectivity index (χ2n) is 8.56. The fourth-order valence-corrected chi connectivity index (χ4v) is 6.60. The third-order valence-corrected chi connectivity index (χ3v) is 8.44. The highest BCUT2D eigenvalue weighted by Crippen LogP contribution is 2.48. The van der Waals surface area contributed by atoms with E-state index in [-0.39, 0.29) is 12.1 Å². The molecular formula is C29H24N4O2S2. The van der Waals surface area contributed by atoms with E-state index in [0.29, 0.717) is 19.5 Å². The van der Waals surface area contributed by atoms with Crippen molar-refractivity contribution in [1.29, 1.82) is 0 Å². The number of urea groups is 2. The van der Waals surface area contributed by atoms with Crippen LogP contribution in [0.5, 0.6) is 0 Å². The molecule has 0 atom stereocenters. The largest absolute Gasteiger partial charge is 0.337 e. The molecular weight excluding hydrogens is 500 g/mol. The molecule has 6 rings (SSSR count). The van der Waals surface area contributed by atoms with Crippen LogP contribution in [0.1, 0.15) is 6.42 Å². The fraction of sp³-hybridized carbons (Fsp3) is 0.103. The first-order valence-corrected chi connectivity index (χ1v) is 13.7. The van der Waals surface area contributed by atoms with Crippen molar-refractivity contribution >= 4 is 58.3 Å². The minimum Gasteiger partial charge on any atom is -0.337 e. The van der Waals surface area contributed by atoms with Gasteiger partial charge in [-0.15, -0.1) is 0 Å². The zero-order chi connectivity index (χ0) is 25.2. The van der Waals surface area contributed by atoms with Crippen LogP contribution in [0.15, 0.2) is 117 Å². The summed E-state index contributed by atoms with van der Waals surface area (Å²) in [7, 11) is 0. The summed E-state index contributed by atoms with van der Waals surface area (Å²) in [5.74, 6) is 0. The summed E-state index contributed by atoms with van der Waals surface area (Å²) in [5, 5.41) is 6.06. The van der Waals surface area contributed by atoms with Crippen molar-refractivity contribution in [2.24, 2.45) is 0 Å². The number of benzene rings is 4. The molecule has 0 saturated carbocycles. The average Bonchev–Trinajstić information content (AvgIpc) is 2.94. The van der Waals surface area contributed by atoms with Crippen molar-refractivity contribution in [2.45, 2.75) is 26.0 Å². The third-order valence-electron chi connectivity index (χ3n) is 6.18. The second-order valence-corrected chi connectivity index (χ2v) is 10.7. The van der Waals surface area contributed by atoms with Crippen LogP contribution in [0.2, 0.25) is 0 Å². The molecule has 2 aliphatic rings. The lowest BCUT2D eigenvalue weighted by atomic mass is 10.2. The number of para-hydroxylation sites is 4. The van der Waals surface area contributed by atoms with Crippen LogP contribution in [0.3, 0.4) is 0 Å². The zero-order valence-corrected chi connectivity index (χ0v) is 21.5. The number of hydrogen-bond donors (Lipinski definition) is 2. The molecule has 0 spiro atoms. The van der Waals surface area contributed by atoms with Gasteiger partial charge in [-0.2, -0.15) is 0 Å². The van der Waals surface area contributed by atoms with E-state index in [1.54, 1.807) is 33.3 Å². The number of anilines is 4. The van der Waals surface area contributed by atoms with Crippen molar-refractivity contribution < 1.29 is 9.59 Å². The van der Waals surface area contributed by atoms with Gasteiger partial charge in [-0.3, -0.25) is 9.80 Å². The molecule has 184 valence electrons. The minimum absolute atomic E-state index is 0.178. The van der Waals surface area contributed by atoms with E-state index in [1.807, 2.05) is 97.1 Å². The summed E-state index contributed by atoms with van der Waals surface area (Å²) in [6.45, 7) is 0.881. The number of rotatable bonds is 4. The molecule has 0 fully saturated rings. The molecule has 4 aromatic carbocycles. The quantitative estimate of drug-likeness (QED) is 0.273. The highest BCUT2D eigenvalue weighted by atomic mass is 32.2. The average molecular weight is 525 g/mol. The molecule has 0 radical (unpaired) electrons. The molecule has 0 aromatic heterocycles. The smallest absolute Gasteiger partial charge is 0.326 e. The SMILES string of the molecule is O=C(NCCCNC(=O)N1c2ccccc2Sc2ccccc21)N1c2ccccc2Sc2ccccc21. The van der Waals surface area contributed by atoms with Gasteiger partial charge < -0.3 is 10.6 Å². The molecule has 0 bridgehead atoms. The Labute approximate surface area is 224 Å². The van der Waals surface area contributed by atoms with Gasteiger partial charge in [0, 0.05) is 32.7 Å². The second kappa shape index (κ2) is 10.2. The first kappa shape index (κ1) is 23.5. The van der Waals surface area contributed by atoms with Gasteiger partial charge in [0.2, 0.25) is 0 Å². The molecule has 0 saturated heterocycles. The van der Waals surface area contributed by atoms with E-state index in [4.69, 9.17) is 0 Å². The standard InChI is InChI=1S/C29H24N4O2S2/c34-28(32-20-10-1-5-14-24(20)36-25-15-6-2-11-21(25)32)30-18-9-19-31-29(35)33-22-12-3-7-16-26(22)37-27-17-8-4-13-23(27)33/h1-8,10-17H,9,18-19H2,(H,30,34)(H,31,35). The zero-order valence-electron chi connectivity index (χ0n) is 19.9. The van der Waals surface area contributed by atoms with Crippen molar-refractivity contribution in [3.63, 3.8) is 0 Å². The maximum Gasteiger partial charge on any atom is 0.326 e. The van der Waals surface area contributed by atoms with Crippen LogP contribution in [-0.2, 0) is 0 Å². The predicted octanol–water partition coefficient (Wildman–Crippen LogP) is 7.40. The molecule has 37 heavy (non-hydrogen) atoms.